The number of benzene rings is 1. The van der Waals surface area contributed by atoms with Crippen molar-refractivity contribution in [3.05, 3.63) is 30.3 Å². The quantitative estimate of drug-likeness (QED) is 0.823. The number of ketones is 1. The van der Waals surface area contributed by atoms with Crippen molar-refractivity contribution in [3.8, 4) is 0 Å². The molecule has 1 aromatic rings. The van der Waals surface area contributed by atoms with Crippen LogP contribution in [-0.4, -0.2) is 20.0 Å². The maximum Gasteiger partial charge on any atom is 0.185 e. The molecule has 0 spiro atoms. The molecule has 1 aliphatic rings. The zero-order chi connectivity index (χ0) is 13.2. The lowest BCUT2D eigenvalue weighted by molar-refractivity contribution is -0.119. The second kappa shape index (κ2) is 4.84. The van der Waals surface area contributed by atoms with Crippen molar-refractivity contribution in [1.29, 1.82) is 0 Å². The molecule has 3 nitrogen and oxygen atoms in total. The molecule has 1 saturated carbocycles. The summed E-state index contributed by atoms with van der Waals surface area (Å²) in [6, 6.07) is 8.17. The fourth-order valence-electron chi connectivity index (χ4n) is 2.41. The van der Waals surface area contributed by atoms with E-state index in [1.807, 2.05) is 0 Å². The molecule has 0 unspecified atom stereocenters. The number of hydrogen-bond donors (Lipinski definition) is 0. The van der Waals surface area contributed by atoms with Crippen molar-refractivity contribution in [2.45, 2.75) is 37.5 Å². The largest absolute Gasteiger partial charge is 0.299 e. The van der Waals surface area contributed by atoms with Gasteiger partial charge in [-0.1, -0.05) is 31.5 Å². The monoisotopic (exact) mass is 266 g/mol. The third-order valence-electron chi connectivity index (χ3n) is 3.64. The molecule has 4 heteroatoms. The highest BCUT2D eigenvalue weighted by atomic mass is 32.2. The minimum Gasteiger partial charge on any atom is -0.299 e. The lowest BCUT2D eigenvalue weighted by atomic mass is 9.68. The van der Waals surface area contributed by atoms with Crippen molar-refractivity contribution < 1.29 is 13.2 Å². The van der Waals surface area contributed by atoms with Crippen LogP contribution in [0.2, 0.25) is 0 Å². The molecule has 0 aliphatic heterocycles. The van der Waals surface area contributed by atoms with Gasteiger partial charge in [0.05, 0.1) is 4.90 Å². The molecule has 0 atom stereocenters. The lowest BCUT2D eigenvalue weighted by Crippen LogP contribution is -2.30. The summed E-state index contributed by atoms with van der Waals surface area (Å²) in [7, 11) is -3.47. The van der Waals surface area contributed by atoms with Crippen LogP contribution in [0.5, 0.6) is 0 Å². The molecule has 0 radical (unpaired) electrons. The topological polar surface area (TPSA) is 51.2 Å². The molecule has 1 fully saturated rings. The van der Waals surface area contributed by atoms with Crippen LogP contribution in [0.15, 0.2) is 35.2 Å². The minimum absolute atomic E-state index is 0.0449. The van der Waals surface area contributed by atoms with Crippen LogP contribution in [0.4, 0.5) is 0 Å². The third kappa shape index (κ3) is 2.99. The number of Topliss-reactive ketones (excluding diaryl/α,β-unsaturated/α-hetero) is 1. The van der Waals surface area contributed by atoms with Crippen molar-refractivity contribution in [2.24, 2.45) is 5.41 Å². The number of rotatable bonds is 5. The molecule has 0 saturated heterocycles. The van der Waals surface area contributed by atoms with Crippen molar-refractivity contribution in [1.82, 2.24) is 0 Å². The second-order valence-electron chi connectivity index (χ2n) is 5.45. The first-order chi connectivity index (χ1) is 8.41. The standard InChI is InChI=1S/C14H18O3S/c1-14(8-5-9-14)10-12(15)11-18(16,17)13-6-3-2-4-7-13/h2-4,6-7H,5,8-11H2,1H3. The Morgan fingerprint density at radius 1 is 1.22 bits per heavy atom. The fraction of sp³-hybridized carbons (Fsp3) is 0.500. The highest BCUT2D eigenvalue weighted by molar-refractivity contribution is 7.92. The Balaban J connectivity index is 2.02. The Labute approximate surface area is 108 Å². The Kier molecular flexibility index (Phi) is 3.57. The summed E-state index contributed by atoms with van der Waals surface area (Å²) in [6.07, 6.45) is 3.60. The summed E-state index contributed by atoms with van der Waals surface area (Å²) >= 11 is 0. The molecule has 0 amide bonds. The zero-order valence-corrected chi connectivity index (χ0v) is 11.4. The number of hydrogen-bond acceptors (Lipinski definition) is 3. The van der Waals surface area contributed by atoms with E-state index >= 15 is 0 Å². The first kappa shape index (κ1) is 13.3. The molecule has 0 bridgehead atoms. The van der Waals surface area contributed by atoms with E-state index in [-0.39, 0.29) is 21.8 Å². The van der Waals surface area contributed by atoms with Crippen LogP contribution in [0.3, 0.4) is 0 Å². The third-order valence-corrected chi connectivity index (χ3v) is 5.33. The molecule has 2 rings (SSSR count). The van der Waals surface area contributed by atoms with Gasteiger partial charge in [-0.3, -0.25) is 4.79 Å². The van der Waals surface area contributed by atoms with Gasteiger partial charge in [0.25, 0.3) is 0 Å². The molecule has 0 heterocycles. The summed E-state index contributed by atoms with van der Waals surface area (Å²) in [4.78, 5) is 12.1. The van der Waals surface area contributed by atoms with E-state index in [4.69, 9.17) is 0 Å². The van der Waals surface area contributed by atoms with Crippen LogP contribution < -0.4 is 0 Å². The summed E-state index contributed by atoms with van der Waals surface area (Å²) in [5.74, 6) is -0.534. The summed E-state index contributed by atoms with van der Waals surface area (Å²) in [5, 5.41) is 0. The first-order valence-corrected chi connectivity index (χ1v) is 7.86. The Morgan fingerprint density at radius 3 is 2.33 bits per heavy atom. The van der Waals surface area contributed by atoms with E-state index in [1.165, 1.54) is 12.1 Å². The maximum absolute atomic E-state index is 12.0. The van der Waals surface area contributed by atoms with Gasteiger partial charge in [0.1, 0.15) is 11.5 Å². The summed E-state index contributed by atoms with van der Waals surface area (Å²) in [5.41, 5.74) is 0.0449. The van der Waals surface area contributed by atoms with E-state index in [0.29, 0.717) is 6.42 Å². The highest BCUT2D eigenvalue weighted by Gasteiger charge is 2.34. The average Bonchev–Trinajstić information content (AvgIpc) is 2.27. The van der Waals surface area contributed by atoms with Crippen LogP contribution in [0, 0.1) is 5.41 Å². The van der Waals surface area contributed by atoms with Gasteiger partial charge in [0.2, 0.25) is 0 Å². The molecular formula is C14H18O3S. The number of carbonyl (C=O) groups is 1. The average molecular weight is 266 g/mol. The summed E-state index contributed by atoms with van der Waals surface area (Å²) in [6.45, 7) is 2.06. The van der Waals surface area contributed by atoms with Gasteiger partial charge in [-0.2, -0.15) is 0 Å². The van der Waals surface area contributed by atoms with E-state index in [1.54, 1.807) is 18.2 Å². The second-order valence-corrected chi connectivity index (χ2v) is 7.44. The van der Waals surface area contributed by atoms with Gasteiger partial charge in [0, 0.05) is 6.42 Å². The van der Waals surface area contributed by atoms with Gasteiger partial charge in [-0.25, -0.2) is 8.42 Å². The Hall–Kier alpha value is -1.16. The van der Waals surface area contributed by atoms with Crippen LogP contribution in [0.25, 0.3) is 0 Å². The van der Waals surface area contributed by atoms with Crippen LogP contribution in [0.1, 0.15) is 32.6 Å². The Morgan fingerprint density at radius 2 is 1.83 bits per heavy atom. The highest BCUT2D eigenvalue weighted by Crippen LogP contribution is 2.43. The van der Waals surface area contributed by atoms with Crippen LogP contribution in [-0.2, 0) is 14.6 Å². The van der Waals surface area contributed by atoms with Gasteiger partial charge >= 0.3 is 0 Å². The van der Waals surface area contributed by atoms with Gasteiger partial charge in [-0.15, -0.1) is 0 Å². The number of carbonyl (C=O) groups excluding carboxylic acids is 1. The van der Waals surface area contributed by atoms with Crippen molar-refractivity contribution >= 4 is 15.6 Å². The van der Waals surface area contributed by atoms with Crippen molar-refractivity contribution in [3.63, 3.8) is 0 Å². The maximum atomic E-state index is 12.0. The van der Waals surface area contributed by atoms with E-state index in [9.17, 15) is 13.2 Å². The molecule has 0 N–H and O–H groups in total. The van der Waals surface area contributed by atoms with Crippen molar-refractivity contribution in [2.75, 3.05) is 5.75 Å². The first-order valence-electron chi connectivity index (χ1n) is 6.21. The molecule has 18 heavy (non-hydrogen) atoms. The summed E-state index contributed by atoms with van der Waals surface area (Å²) < 4.78 is 24.0. The van der Waals surface area contributed by atoms with E-state index < -0.39 is 9.84 Å². The lowest BCUT2D eigenvalue weighted by Gasteiger charge is -2.37. The molecule has 1 aliphatic carbocycles. The predicted molar refractivity (Wildman–Crippen MR) is 70.1 cm³/mol. The van der Waals surface area contributed by atoms with Gasteiger partial charge in [0.15, 0.2) is 9.84 Å². The predicted octanol–water partition coefficient (Wildman–Crippen LogP) is 2.61. The SMILES string of the molecule is CC1(CC(=O)CS(=O)(=O)c2ccccc2)CCC1. The minimum atomic E-state index is -3.47. The van der Waals surface area contributed by atoms with Gasteiger partial charge in [-0.05, 0) is 30.4 Å². The molecule has 98 valence electrons. The molecule has 0 aromatic heterocycles. The zero-order valence-electron chi connectivity index (χ0n) is 10.6. The van der Waals surface area contributed by atoms with Gasteiger partial charge < -0.3 is 0 Å². The fourth-order valence-corrected chi connectivity index (χ4v) is 3.67. The smallest absolute Gasteiger partial charge is 0.185 e. The van der Waals surface area contributed by atoms with E-state index in [2.05, 4.69) is 6.92 Å². The molecule has 1 aromatic carbocycles. The van der Waals surface area contributed by atoms with Crippen LogP contribution >= 0.6 is 0 Å². The molecular weight excluding hydrogens is 248 g/mol. The van der Waals surface area contributed by atoms with E-state index in [0.717, 1.165) is 19.3 Å². The Bertz CT molecular complexity index is 527. The number of sulfone groups is 1. The normalized spacial score (nSPS) is 18.1.